The van der Waals surface area contributed by atoms with Gasteiger partial charge < -0.3 is 14.6 Å². The van der Waals surface area contributed by atoms with Crippen molar-refractivity contribution in [1.29, 1.82) is 0 Å². The van der Waals surface area contributed by atoms with Crippen molar-refractivity contribution >= 4 is 5.97 Å². The van der Waals surface area contributed by atoms with Crippen LogP contribution in [0.5, 0.6) is 5.75 Å². The Bertz CT molecular complexity index is 575. The summed E-state index contributed by atoms with van der Waals surface area (Å²) in [6.07, 6.45) is 2.73. The highest BCUT2D eigenvalue weighted by Crippen LogP contribution is 2.24. The van der Waals surface area contributed by atoms with Crippen LogP contribution < -0.4 is 4.74 Å². The van der Waals surface area contributed by atoms with Crippen LogP contribution in [0.15, 0.2) is 24.3 Å². The largest absolute Gasteiger partial charge is 0.493 e. The van der Waals surface area contributed by atoms with E-state index in [1.54, 1.807) is 0 Å². The van der Waals surface area contributed by atoms with Gasteiger partial charge in [0.25, 0.3) is 0 Å². The first kappa shape index (κ1) is 19.1. The van der Waals surface area contributed by atoms with Crippen molar-refractivity contribution in [2.45, 2.75) is 25.8 Å². The lowest BCUT2D eigenvalue weighted by Gasteiger charge is -2.31. The zero-order chi connectivity index (χ0) is 18.2. The Morgan fingerprint density at radius 1 is 1.19 bits per heavy atom. The van der Waals surface area contributed by atoms with Gasteiger partial charge in [-0.3, -0.25) is 14.6 Å². The molecule has 26 heavy (non-hydrogen) atoms. The van der Waals surface area contributed by atoms with Gasteiger partial charge in [0.15, 0.2) is 0 Å². The van der Waals surface area contributed by atoms with Crippen LogP contribution in [0.2, 0.25) is 0 Å². The molecule has 3 rings (SSSR count). The standard InChI is InChI=1S/C20H30N2O4/c23-20(24)18-6-3-8-22(16-18)15-17-5-1-2-7-19(17)26-12-4-9-21-10-13-25-14-11-21/h1-2,5,7,18H,3-4,6,8-16H2,(H,23,24)/t18-/m1/s1. The number of benzene rings is 1. The van der Waals surface area contributed by atoms with Crippen LogP contribution >= 0.6 is 0 Å². The van der Waals surface area contributed by atoms with E-state index < -0.39 is 5.97 Å². The molecule has 2 fully saturated rings. The summed E-state index contributed by atoms with van der Waals surface area (Å²) in [5.74, 6) is -0.000345. The number of rotatable bonds is 8. The number of nitrogens with zero attached hydrogens (tertiary/aromatic N) is 2. The summed E-state index contributed by atoms with van der Waals surface area (Å²) in [7, 11) is 0. The topological polar surface area (TPSA) is 62.2 Å². The lowest BCUT2D eigenvalue weighted by atomic mass is 9.98. The van der Waals surface area contributed by atoms with E-state index in [2.05, 4.69) is 15.9 Å². The number of carboxylic acid groups (broad SMARTS) is 1. The minimum Gasteiger partial charge on any atom is -0.493 e. The normalized spacial score (nSPS) is 22.2. The van der Waals surface area contributed by atoms with Crippen LogP contribution in [0.3, 0.4) is 0 Å². The number of hydrogen-bond acceptors (Lipinski definition) is 5. The average molecular weight is 362 g/mol. The van der Waals surface area contributed by atoms with Gasteiger partial charge >= 0.3 is 5.97 Å². The summed E-state index contributed by atoms with van der Waals surface area (Å²) in [6.45, 7) is 7.75. The maximum Gasteiger partial charge on any atom is 0.307 e. The van der Waals surface area contributed by atoms with Crippen LogP contribution in [0.1, 0.15) is 24.8 Å². The quantitative estimate of drug-likeness (QED) is 0.715. The van der Waals surface area contributed by atoms with Gasteiger partial charge in [0.1, 0.15) is 5.75 Å². The molecule has 2 aliphatic rings. The third-order valence-electron chi connectivity index (χ3n) is 5.20. The van der Waals surface area contributed by atoms with E-state index in [0.717, 1.165) is 76.5 Å². The van der Waals surface area contributed by atoms with Crippen LogP contribution in [0.4, 0.5) is 0 Å². The second-order valence-corrected chi connectivity index (χ2v) is 7.18. The van der Waals surface area contributed by atoms with Crippen LogP contribution in [0.25, 0.3) is 0 Å². The molecular weight excluding hydrogens is 332 g/mol. The first-order chi connectivity index (χ1) is 12.7. The van der Waals surface area contributed by atoms with Gasteiger partial charge in [-0.25, -0.2) is 0 Å². The number of para-hydroxylation sites is 1. The molecule has 1 atom stereocenters. The molecule has 2 aliphatic heterocycles. The molecule has 0 aromatic heterocycles. The fraction of sp³-hybridized carbons (Fsp3) is 0.650. The van der Waals surface area contributed by atoms with E-state index in [9.17, 15) is 9.90 Å². The van der Waals surface area contributed by atoms with Crippen molar-refractivity contribution in [2.75, 3.05) is 52.5 Å². The third kappa shape index (κ3) is 5.69. The zero-order valence-corrected chi connectivity index (χ0v) is 15.4. The van der Waals surface area contributed by atoms with E-state index in [-0.39, 0.29) is 5.92 Å². The fourth-order valence-electron chi connectivity index (χ4n) is 3.71. The van der Waals surface area contributed by atoms with Crippen molar-refractivity contribution in [3.8, 4) is 5.75 Å². The van der Waals surface area contributed by atoms with Crippen LogP contribution in [-0.4, -0.2) is 73.4 Å². The molecule has 0 radical (unpaired) electrons. The summed E-state index contributed by atoms with van der Waals surface area (Å²) in [4.78, 5) is 15.9. The van der Waals surface area contributed by atoms with Crippen LogP contribution in [0, 0.1) is 5.92 Å². The van der Waals surface area contributed by atoms with E-state index in [4.69, 9.17) is 9.47 Å². The minimum absolute atomic E-state index is 0.245. The summed E-state index contributed by atoms with van der Waals surface area (Å²) >= 11 is 0. The number of likely N-dealkylation sites (tertiary alicyclic amines) is 1. The molecule has 1 aromatic rings. The lowest BCUT2D eigenvalue weighted by Crippen LogP contribution is -2.38. The Balaban J connectivity index is 1.47. The molecule has 1 N–H and O–H groups in total. The third-order valence-corrected chi connectivity index (χ3v) is 5.20. The predicted molar refractivity (Wildman–Crippen MR) is 99.4 cm³/mol. The predicted octanol–water partition coefficient (Wildman–Crippen LogP) is 2.08. The van der Waals surface area contributed by atoms with Crippen molar-refractivity contribution < 1.29 is 19.4 Å². The second kappa shape index (κ2) is 9.90. The first-order valence-electron chi connectivity index (χ1n) is 9.68. The van der Waals surface area contributed by atoms with Gasteiger partial charge in [-0.2, -0.15) is 0 Å². The molecule has 0 saturated carbocycles. The Hall–Kier alpha value is -1.63. The average Bonchev–Trinajstić information content (AvgIpc) is 2.67. The van der Waals surface area contributed by atoms with Gasteiger partial charge in [-0.15, -0.1) is 0 Å². The number of ether oxygens (including phenoxy) is 2. The molecule has 144 valence electrons. The molecular formula is C20H30N2O4. The number of morpholine rings is 1. The highest BCUT2D eigenvalue weighted by molar-refractivity contribution is 5.70. The zero-order valence-electron chi connectivity index (χ0n) is 15.4. The molecule has 2 saturated heterocycles. The highest BCUT2D eigenvalue weighted by Gasteiger charge is 2.25. The molecule has 6 nitrogen and oxygen atoms in total. The first-order valence-corrected chi connectivity index (χ1v) is 9.68. The van der Waals surface area contributed by atoms with Crippen molar-refractivity contribution in [3.05, 3.63) is 29.8 Å². The molecule has 0 unspecified atom stereocenters. The Morgan fingerprint density at radius 2 is 2.00 bits per heavy atom. The Morgan fingerprint density at radius 3 is 2.81 bits per heavy atom. The number of aliphatic carboxylic acids is 1. The fourth-order valence-corrected chi connectivity index (χ4v) is 3.71. The van der Waals surface area contributed by atoms with Gasteiger partial charge in [0.05, 0.1) is 25.7 Å². The maximum absolute atomic E-state index is 11.3. The van der Waals surface area contributed by atoms with Gasteiger partial charge in [0, 0.05) is 38.3 Å². The molecule has 0 bridgehead atoms. The number of piperidine rings is 1. The molecule has 0 aliphatic carbocycles. The van der Waals surface area contributed by atoms with E-state index >= 15 is 0 Å². The molecule has 1 aromatic carbocycles. The summed E-state index contributed by atoms with van der Waals surface area (Å²) < 4.78 is 11.4. The minimum atomic E-state index is -0.678. The molecule has 0 spiro atoms. The van der Waals surface area contributed by atoms with E-state index in [0.29, 0.717) is 13.2 Å². The molecule has 0 amide bonds. The lowest BCUT2D eigenvalue weighted by molar-refractivity contribution is -0.143. The number of hydrogen-bond donors (Lipinski definition) is 1. The smallest absolute Gasteiger partial charge is 0.307 e. The van der Waals surface area contributed by atoms with Crippen molar-refractivity contribution in [3.63, 3.8) is 0 Å². The van der Waals surface area contributed by atoms with Crippen molar-refractivity contribution in [1.82, 2.24) is 9.80 Å². The van der Waals surface area contributed by atoms with E-state index in [1.807, 2.05) is 18.2 Å². The summed E-state index contributed by atoms with van der Waals surface area (Å²) in [6, 6.07) is 8.12. The van der Waals surface area contributed by atoms with Crippen molar-refractivity contribution in [2.24, 2.45) is 5.92 Å². The SMILES string of the molecule is O=C(O)[C@@H]1CCCN(Cc2ccccc2OCCCN2CCOCC2)C1. The van der Waals surface area contributed by atoms with E-state index in [1.165, 1.54) is 0 Å². The van der Waals surface area contributed by atoms with Gasteiger partial charge in [-0.1, -0.05) is 18.2 Å². The highest BCUT2D eigenvalue weighted by atomic mass is 16.5. The second-order valence-electron chi connectivity index (χ2n) is 7.18. The Kier molecular flexibility index (Phi) is 7.29. The van der Waals surface area contributed by atoms with Crippen LogP contribution in [-0.2, 0) is 16.1 Å². The van der Waals surface area contributed by atoms with Gasteiger partial charge in [0.2, 0.25) is 0 Å². The molecule has 6 heteroatoms. The monoisotopic (exact) mass is 362 g/mol. The summed E-state index contributed by atoms with van der Waals surface area (Å²) in [5, 5.41) is 9.26. The molecule has 2 heterocycles. The van der Waals surface area contributed by atoms with Gasteiger partial charge in [-0.05, 0) is 31.9 Å². The Labute approximate surface area is 155 Å². The number of carbonyl (C=O) groups is 1. The maximum atomic E-state index is 11.3. The number of carboxylic acids is 1. The summed E-state index contributed by atoms with van der Waals surface area (Å²) in [5.41, 5.74) is 1.14.